The Kier molecular flexibility index (Phi) is 5.35. The van der Waals surface area contributed by atoms with E-state index in [1.165, 1.54) is 0 Å². The highest BCUT2D eigenvalue weighted by Crippen LogP contribution is 2.24. The second-order valence-electron chi connectivity index (χ2n) is 6.16. The Morgan fingerprint density at radius 3 is 2.59 bits per heavy atom. The molecule has 6 heteroatoms. The van der Waals surface area contributed by atoms with E-state index in [1.807, 2.05) is 43.3 Å². The van der Waals surface area contributed by atoms with Crippen LogP contribution in [-0.2, 0) is 11.3 Å². The maximum atomic E-state index is 11.7. The number of rotatable bonds is 5. The van der Waals surface area contributed by atoms with E-state index in [0.717, 1.165) is 22.4 Å². The van der Waals surface area contributed by atoms with Crippen molar-refractivity contribution in [1.29, 1.82) is 0 Å². The predicted octanol–water partition coefficient (Wildman–Crippen LogP) is 3.39. The number of amides is 1. The summed E-state index contributed by atoms with van der Waals surface area (Å²) in [6.45, 7) is 6.24. The van der Waals surface area contributed by atoms with Crippen LogP contribution in [0.1, 0.15) is 27.0 Å². The quantitative estimate of drug-likeness (QED) is 0.486. The second kappa shape index (κ2) is 7.86. The molecule has 0 saturated carbocycles. The van der Waals surface area contributed by atoms with E-state index >= 15 is 0 Å². The van der Waals surface area contributed by atoms with Gasteiger partial charge in [0.2, 0.25) is 0 Å². The molecule has 1 heterocycles. The van der Waals surface area contributed by atoms with Gasteiger partial charge in [0.15, 0.2) is 11.6 Å². The van der Waals surface area contributed by atoms with E-state index in [-0.39, 0.29) is 5.91 Å². The third-order valence-electron chi connectivity index (χ3n) is 4.39. The first-order chi connectivity index (χ1) is 13.1. The van der Waals surface area contributed by atoms with Crippen LogP contribution >= 0.6 is 0 Å². The molecule has 0 spiro atoms. The van der Waals surface area contributed by atoms with Crippen molar-refractivity contribution in [2.45, 2.75) is 13.5 Å². The summed E-state index contributed by atoms with van der Waals surface area (Å²) in [5.74, 6) is 0.972. The molecular formula is C21H22N4O2. The molecule has 3 rings (SSSR count). The van der Waals surface area contributed by atoms with E-state index < -0.39 is 0 Å². The molecule has 0 bridgehead atoms. The fraction of sp³-hybridized carbons (Fsp3) is 0.190. The molecule has 0 atom stereocenters. The molecule has 0 aliphatic carbocycles. The van der Waals surface area contributed by atoms with Crippen LogP contribution in [0, 0.1) is 6.92 Å². The average molecular weight is 362 g/mol. The van der Waals surface area contributed by atoms with Crippen LogP contribution in [0.15, 0.2) is 58.2 Å². The number of hydrogen-bond acceptors (Lipinski definition) is 4. The highest BCUT2D eigenvalue weighted by atomic mass is 16.5. The lowest BCUT2D eigenvalue weighted by Gasteiger charge is -2.15. The normalized spacial score (nSPS) is 14.2. The maximum absolute atomic E-state index is 11.7. The van der Waals surface area contributed by atoms with Crippen molar-refractivity contribution in [3.8, 4) is 0 Å². The van der Waals surface area contributed by atoms with Crippen LogP contribution in [0.5, 0.6) is 0 Å². The molecule has 138 valence electrons. The van der Waals surface area contributed by atoms with Crippen LogP contribution in [0.25, 0.3) is 5.70 Å². The van der Waals surface area contributed by atoms with E-state index in [9.17, 15) is 4.79 Å². The fourth-order valence-corrected chi connectivity index (χ4v) is 2.97. The smallest absolute Gasteiger partial charge is 0.251 e. The molecule has 0 aromatic heterocycles. The zero-order valence-corrected chi connectivity index (χ0v) is 15.7. The highest BCUT2D eigenvalue weighted by Gasteiger charge is 2.20. The molecule has 0 radical (unpaired) electrons. The van der Waals surface area contributed by atoms with Crippen LogP contribution in [0.3, 0.4) is 0 Å². The van der Waals surface area contributed by atoms with Gasteiger partial charge in [0.1, 0.15) is 5.70 Å². The topological polar surface area (TPSA) is 75.1 Å². The number of carbonyl (C=O) groups is 1. The lowest BCUT2D eigenvalue weighted by molar-refractivity contribution is 0.0966. The summed E-state index contributed by atoms with van der Waals surface area (Å²) >= 11 is 0. The molecule has 1 amide bonds. The number of nitrogens with one attached hydrogen (secondary N) is 2. The van der Waals surface area contributed by atoms with Gasteiger partial charge < -0.3 is 15.4 Å². The minimum atomic E-state index is -0.0454. The van der Waals surface area contributed by atoms with E-state index in [0.29, 0.717) is 29.4 Å². The highest BCUT2D eigenvalue weighted by molar-refractivity contribution is 6.11. The summed E-state index contributed by atoms with van der Waals surface area (Å²) in [6, 6.07) is 13.5. The van der Waals surface area contributed by atoms with Crippen molar-refractivity contribution >= 4 is 29.8 Å². The lowest BCUT2D eigenvalue weighted by atomic mass is 10.1. The van der Waals surface area contributed by atoms with Crippen molar-refractivity contribution in [3.05, 3.63) is 70.5 Å². The van der Waals surface area contributed by atoms with Gasteiger partial charge in [-0.15, -0.1) is 0 Å². The molecule has 2 N–H and O–H groups in total. The van der Waals surface area contributed by atoms with E-state index in [2.05, 4.69) is 27.3 Å². The number of anilines is 1. The third-order valence-corrected chi connectivity index (χ3v) is 4.39. The fourth-order valence-electron chi connectivity index (χ4n) is 2.97. The molecule has 6 nitrogen and oxygen atoms in total. The van der Waals surface area contributed by atoms with E-state index in [4.69, 9.17) is 4.74 Å². The second-order valence-corrected chi connectivity index (χ2v) is 6.16. The Labute approximate surface area is 158 Å². The third kappa shape index (κ3) is 3.74. The van der Waals surface area contributed by atoms with Gasteiger partial charge in [0.05, 0.1) is 7.11 Å². The number of ether oxygens (including phenoxy) is 1. The van der Waals surface area contributed by atoms with Crippen LogP contribution < -0.4 is 10.6 Å². The maximum Gasteiger partial charge on any atom is 0.251 e. The number of hydrogen-bond donors (Lipinski definition) is 2. The largest absolute Gasteiger partial charge is 0.491 e. The van der Waals surface area contributed by atoms with Gasteiger partial charge in [-0.1, -0.05) is 29.8 Å². The molecule has 1 aliphatic rings. The van der Waals surface area contributed by atoms with Crippen molar-refractivity contribution in [3.63, 3.8) is 0 Å². The minimum Gasteiger partial charge on any atom is -0.491 e. The van der Waals surface area contributed by atoms with Gasteiger partial charge in [-0.05, 0) is 37.4 Å². The van der Waals surface area contributed by atoms with Crippen molar-refractivity contribution in [2.24, 2.45) is 9.98 Å². The molecular weight excluding hydrogens is 340 g/mol. The van der Waals surface area contributed by atoms with Gasteiger partial charge in [-0.2, -0.15) is 0 Å². The Morgan fingerprint density at radius 2 is 1.96 bits per heavy atom. The molecule has 2 aromatic carbocycles. The van der Waals surface area contributed by atoms with Gasteiger partial charge >= 0.3 is 0 Å². The molecule has 0 fully saturated rings. The number of amidine groups is 1. The number of carbonyl (C=O) groups excluding carboxylic acids is 1. The van der Waals surface area contributed by atoms with Gasteiger partial charge in [-0.25, -0.2) is 0 Å². The Balaban J connectivity index is 1.96. The summed E-state index contributed by atoms with van der Waals surface area (Å²) < 4.78 is 5.61. The van der Waals surface area contributed by atoms with Crippen molar-refractivity contribution in [2.75, 3.05) is 19.5 Å². The zero-order chi connectivity index (χ0) is 19.4. The Morgan fingerprint density at radius 1 is 1.22 bits per heavy atom. The number of methoxy groups -OCH3 is 1. The summed E-state index contributed by atoms with van der Waals surface area (Å²) in [5, 5.41) is 6.07. The van der Waals surface area contributed by atoms with Crippen LogP contribution in [0.4, 0.5) is 5.69 Å². The summed E-state index contributed by atoms with van der Waals surface area (Å²) in [4.78, 5) is 20.2. The number of aliphatic imine (C=N–C) groups is 2. The van der Waals surface area contributed by atoms with Gasteiger partial charge in [0.25, 0.3) is 5.91 Å². The number of fused-ring (bicyclic) bond motifs is 1. The summed E-state index contributed by atoms with van der Waals surface area (Å²) in [6.07, 6.45) is 0. The van der Waals surface area contributed by atoms with Gasteiger partial charge in [0, 0.05) is 30.4 Å². The standard InChI is InChI=1S/C21H22N4O2/c1-13-5-7-14(8-6-13)18(22-2)19(27-4)20(23-3)25-16-9-10-17-15(11-16)12-24-21(17)26/h5-11H,2,12H2,1,3-4H3,(H,23,25)(H,24,26). The first-order valence-corrected chi connectivity index (χ1v) is 8.54. The van der Waals surface area contributed by atoms with Crippen molar-refractivity contribution in [1.82, 2.24) is 5.32 Å². The van der Waals surface area contributed by atoms with E-state index in [1.54, 1.807) is 20.2 Å². The first-order valence-electron chi connectivity index (χ1n) is 8.54. The summed E-state index contributed by atoms with van der Waals surface area (Å²) in [7, 11) is 3.25. The Bertz CT molecular complexity index is 943. The number of nitrogens with zero attached hydrogens (tertiary/aromatic N) is 2. The molecule has 0 saturated heterocycles. The first kappa shape index (κ1) is 18.4. The molecule has 2 aromatic rings. The average Bonchev–Trinajstić information content (AvgIpc) is 3.05. The van der Waals surface area contributed by atoms with Crippen molar-refractivity contribution < 1.29 is 9.53 Å². The lowest BCUT2D eigenvalue weighted by Crippen LogP contribution is -2.18. The predicted molar refractivity (Wildman–Crippen MR) is 109 cm³/mol. The minimum absolute atomic E-state index is 0.0454. The number of benzene rings is 2. The van der Waals surface area contributed by atoms with Crippen LogP contribution in [-0.4, -0.2) is 32.6 Å². The van der Waals surface area contributed by atoms with Gasteiger partial charge in [-0.3, -0.25) is 14.8 Å². The SMILES string of the molecule is C=NC(=C(OC)C(=NC)Nc1ccc2c(c1)CNC2=O)c1ccc(C)cc1. The monoisotopic (exact) mass is 362 g/mol. The summed E-state index contributed by atoms with van der Waals surface area (Å²) in [5.41, 5.74) is 5.11. The zero-order valence-electron chi connectivity index (χ0n) is 15.7. The van der Waals surface area contributed by atoms with Crippen LogP contribution in [0.2, 0.25) is 0 Å². The Hall–Kier alpha value is -3.41. The molecule has 0 unspecified atom stereocenters. The molecule has 27 heavy (non-hydrogen) atoms. The molecule has 1 aliphatic heterocycles. The number of aryl methyl sites for hydroxylation is 1.